The lowest BCUT2D eigenvalue weighted by atomic mass is 10.1. The number of nitrogens with zero attached hydrogens (tertiary/aromatic N) is 1. The van der Waals surface area contributed by atoms with Crippen molar-refractivity contribution in [1.29, 1.82) is 0 Å². The van der Waals surface area contributed by atoms with Crippen LogP contribution in [0.5, 0.6) is 5.75 Å². The molecule has 0 bridgehead atoms. The molecule has 0 spiro atoms. The van der Waals surface area contributed by atoms with Gasteiger partial charge in [0.1, 0.15) is 5.75 Å². The average Bonchev–Trinajstić information content (AvgIpc) is 2.52. The number of nitrogens with two attached hydrogens (primary N) is 1. The highest BCUT2D eigenvalue weighted by molar-refractivity contribution is 5.28. The lowest BCUT2D eigenvalue weighted by Gasteiger charge is -2.38. The normalized spacial score (nSPS) is 23.2. The molecule has 1 saturated heterocycles. The Kier molecular flexibility index (Phi) is 6.49. The first-order chi connectivity index (χ1) is 10.2. The van der Waals surface area contributed by atoms with E-state index in [4.69, 9.17) is 15.2 Å². The highest BCUT2D eigenvalue weighted by Crippen LogP contribution is 2.16. The van der Waals surface area contributed by atoms with Crippen LogP contribution in [0.3, 0.4) is 0 Å². The fourth-order valence-electron chi connectivity index (χ4n) is 2.78. The summed E-state index contributed by atoms with van der Waals surface area (Å²) in [6.45, 7) is 8.64. The predicted molar refractivity (Wildman–Crippen MR) is 85.5 cm³/mol. The maximum absolute atomic E-state index is 5.82. The van der Waals surface area contributed by atoms with Crippen LogP contribution in [0.4, 0.5) is 0 Å². The Balaban J connectivity index is 1.73. The number of hydrogen-bond donors (Lipinski definition) is 1. The van der Waals surface area contributed by atoms with E-state index < -0.39 is 0 Å². The van der Waals surface area contributed by atoms with Gasteiger partial charge in [-0.25, -0.2) is 0 Å². The van der Waals surface area contributed by atoms with Crippen LogP contribution >= 0.6 is 0 Å². The minimum absolute atomic E-state index is 0.343. The standard InChI is InChI=1S/C17H28N2O2/c1-3-16-13-21-14(2)12-19(16)8-5-9-20-17-7-4-6-15(10-17)11-18/h4,6-7,10,14,16H,3,5,8-9,11-13,18H2,1-2H3. The van der Waals surface area contributed by atoms with Gasteiger partial charge in [-0.3, -0.25) is 4.90 Å². The van der Waals surface area contributed by atoms with Gasteiger partial charge in [0.15, 0.2) is 0 Å². The number of rotatable bonds is 7. The molecule has 1 fully saturated rings. The van der Waals surface area contributed by atoms with Gasteiger partial charge in [-0.15, -0.1) is 0 Å². The third kappa shape index (κ3) is 4.99. The van der Waals surface area contributed by atoms with E-state index in [0.717, 1.165) is 50.5 Å². The van der Waals surface area contributed by atoms with Crippen LogP contribution in [-0.4, -0.2) is 43.3 Å². The molecule has 2 N–H and O–H groups in total. The lowest BCUT2D eigenvalue weighted by Crippen LogP contribution is -2.48. The summed E-state index contributed by atoms with van der Waals surface area (Å²) in [5.41, 5.74) is 6.75. The van der Waals surface area contributed by atoms with Crippen LogP contribution in [0, 0.1) is 0 Å². The Morgan fingerprint density at radius 3 is 3.05 bits per heavy atom. The minimum Gasteiger partial charge on any atom is -0.494 e. The van der Waals surface area contributed by atoms with E-state index in [2.05, 4.69) is 18.7 Å². The highest BCUT2D eigenvalue weighted by Gasteiger charge is 2.24. The molecule has 1 aromatic carbocycles. The summed E-state index contributed by atoms with van der Waals surface area (Å²) in [5.74, 6) is 0.917. The molecule has 0 amide bonds. The van der Waals surface area contributed by atoms with Gasteiger partial charge in [-0.1, -0.05) is 19.1 Å². The molecule has 21 heavy (non-hydrogen) atoms. The fourth-order valence-corrected chi connectivity index (χ4v) is 2.78. The zero-order valence-electron chi connectivity index (χ0n) is 13.3. The molecule has 0 saturated carbocycles. The topological polar surface area (TPSA) is 47.7 Å². The third-order valence-electron chi connectivity index (χ3n) is 4.04. The number of hydrogen-bond acceptors (Lipinski definition) is 4. The zero-order valence-corrected chi connectivity index (χ0v) is 13.3. The van der Waals surface area contributed by atoms with E-state index in [1.165, 1.54) is 0 Å². The number of ether oxygens (including phenoxy) is 2. The summed E-state index contributed by atoms with van der Waals surface area (Å²) in [4.78, 5) is 2.54. The number of benzene rings is 1. The maximum atomic E-state index is 5.82. The van der Waals surface area contributed by atoms with Gasteiger partial charge in [-0.2, -0.15) is 0 Å². The summed E-state index contributed by atoms with van der Waals surface area (Å²) >= 11 is 0. The highest BCUT2D eigenvalue weighted by atomic mass is 16.5. The summed E-state index contributed by atoms with van der Waals surface area (Å²) in [5, 5.41) is 0. The van der Waals surface area contributed by atoms with Gasteiger partial charge < -0.3 is 15.2 Å². The quantitative estimate of drug-likeness (QED) is 0.784. The van der Waals surface area contributed by atoms with Crippen LogP contribution in [0.15, 0.2) is 24.3 Å². The molecule has 0 aromatic heterocycles. The second-order valence-corrected chi connectivity index (χ2v) is 5.75. The van der Waals surface area contributed by atoms with Crippen LogP contribution in [0.1, 0.15) is 32.3 Å². The third-order valence-corrected chi connectivity index (χ3v) is 4.04. The Morgan fingerprint density at radius 1 is 1.43 bits per heavy atom. The molecular formula is C17H28N2O2. The van der Waals surface area contributed by atoms with Crippen LogP contribution in [-0.2, 0) is 11.3 Å². The Labute approximate surface area is 128 Å². The largest absolute Gasteiger partial charge is 0.494 e. The summed E-state index contributed by atoms with van der Waals surface area (Å²) in [7, 11) is 0. The van der Waals surface area contributed by atoms with Crippen molar-refractivity contribution in [2.45, 2.75) is 45.4 Å². The molecule has 1 aromatic rings. The first-order valence-electron chi connectivity index (χ1n) is 8.00. The fraction of sp³-hybridized carbons (Fsp3) is 0.647. The monoisotopic (exact) mass is 292 g/mol. The van der Waals surface area contributed by atoms with Crippen molar-refractivity contribution >= 4 is 0 Å². The van der Waals surface area contributed by atoms with E-state index in [9.17, 15) is 0 Å². The number of morpholine rings is 1. The predicted octanol–water partition coefficient (Wildman–Crippen LogP) is 2.41. The second-order valence-electron chi connectivity index (χ2n) is 5.75. The molecule has 4 heteroatoms. The molecule has 1 heterocycles. The van der Waals surface area contributed by atoms with Gasteiger partial charge in [0.2, 0.25) is 0 Å². The van der Waals surface area contributed by atoms with Crippen molar-refractivity contribution < 1.29 is 9.47 Å². The van der Waals surface area contributed by atoms with E-state index in [0.29, 0.717) is 18.7 Å². The molecular weight excluding hydrogens is 264 g/mol. The van der Waals surface area contributed by atoms with Crippen molar-refractivity contribution in [3.05, 3.63) is 29.8 Å². The molecule has 1 aliphatic heterocycles. The molecule has 2 atom stereocenters. The average molecular weight is 292 g/mol. The SMILES string of the molecule is CCC1COC(C)CN1CCCOc1cccc(CN)c1. The van der Waals surface area contributed by atoms with Gasteiger partial charge in [-0.05, 0) is 37.5 Å². The van der Waals surface area contributed by atoms with Crippen molar-refractivity contribution in [1.82, 2.24) is 4.90 Å². The molecule has 118 valence electrons. The smallest absolute Gasteiger partial charge is 0.119 e. The summed E-state index contributed by atoms with van der Waals surface area (Å²) in [6.07, 6.45) is 2.53. The minimum atomic E-state index is 0.343. The van der Waals surface area contributed by atoms with Gasteiger partial charge >= 0.3 is 0 Å². The Hall–Kier alpha value is -1.10. The first kappa shape index (κ1) is 16.3. The van der Waals surface area contributed by atoms with E-state index in [1.54, 1.807) is 0 Å². The van der Waals surface area contributed by atoms with Gasteiger partial charge in [0.25, 0.3) is 0 Å². The van der Waals surface area contributed by atoms with E-state index in [-0.39, 0.29) is 0 Å². The van der Waals surface area contributed by atoms with E-state index >= 15 is 0 Å². The second kappa shape index (κ2) is 8.37. The van der Waals surface area contributed by atoms with Gasteiger partial charge in [0, 0.05) is 25.7 Å². The zero-order chi connectivity index (χ0) is 15.1. The van der Waals surface area contributed by atoms with Crippen molar-refractivity contribution in [2.75, 3.05) is 26.3 Å². The van der Waals surface area contributed by atoms with Crippen molar-refractivity contribution in [3.63, 3.8) is 0 Å². The molecule has 4 nitrogen and oxygen atoms in total. The maximum Gasteiger partial charge on any atom is 0.119 e. The Morgan fingerprint density at radius 2 is 2.29 bits per heavy atom. The molecule has 2 rings (SSSR count). The van der Waals surface area contributed by atoms with Gasteiger partial charge in [0.05, 0.1) is 19.3 Å². The summed E-state index contributed by atoms with van der Waals surface area (Å²) < 4.78 is 11.5. The summed E-state index contributed by atoms with van der Waals surface area (Å²) in [6, 6.07) is 8.58. The molecule has 2 unspecified atom stereocenters. The lowest BCUT2D eigenvalue weighted by molar-refractivity contribution is -0.0567. The van der Waals surface area contributed by atoms with Crippen LogP contribution < -0.4 is 10.5 Å². The molecule has 0 radical (unpaired) electrons. The Bertz CT molecular complexity index is 425. The van der Waals surface area contributed by atoms with Crippen LogP contribution in [0.25, 0.3) is 0 Å². The van der Waals surface area contributed by atoms with Crippen molar-refractivity contribution in [3.8, 4) is 5.75 Å². The van der Waals surface area contributed by atoms with Crippen molar-refractivity contribution in [2.24, 2.45) is 5.73 Å². The molecule has 1 aliphatic rings. The first-order valence-corrected chi connectivity index (χ1v) is 8.00. The van der Waals surface area contributed by atoms with Crippen LogP contribution in [0.2, 0.25) is 0 Å². The van der Waals surface area contributed by atoms with E-state index in [1.807, 2.05) is 24.3 Å². The molecule has 0 aliphatic carbocycles.